The smallest absolute Gasteiger partial charge is 0.328 e. The Morgan fingerprint density at radius 2 is 2.00 bits per heavy atom. The summed E-state index contributed by atoms with van der Waals surface area (Å²) >= 11 is 0. The van der Waals surface area contributed by atoms with E-state index < -0.39 is 24.1 Å². The zero-order valence-electron chi connectivity index (χ0n) is 11.5. The minimum atomic E-state index is -1.31. The predicted octanol–water partition coefficient (Wildman–Crippen LogP) is -0.997. The van der Waals surface area contributed by atoms with Crippen molar-refractivity contribution in [1.82, 2.24) is 10.2 Å². The molecule has 2 atom stereocenters. The monoisotopic (exact) mass is 290 g/mol. The number of likely N-dealkylation sites (tertiary alicyclic amines) is 1. The van der Waals surface area contributed by atoms with Crippen molar-refractivity contribution in [1.29, 1.82) is 0 Å². The number of aliphatic hydroxyl groups excluding tert-OH is 2. The van der Waals surface area contributed by atoms with Gasteiger partial charge in [0.1, 0.15) is 0 Å². The molecule has 1 saturated heterocycles. The first-order chi connectivity index (χ1) is 9.45. The van der Waals surface area contributed by atoms with Crippen LogP contribution < -0.4 is 5.32 Å². The maximum Gasteiger partial charge on any atom is 0.328 e. The van der Waals surface area contributed by atoms with Crippen molar-refractivity contribution in [2.45, 2.75) is 38.0 Å². The molecule has 0 aromatic carbocycles. The van der Waals surface area contributed by atoms with E-state index in [0.29, 0.717) is 25.9 Å². The zero-order chi connectivity index (χ0) is 15.1. The van der Waals surface area contributed by atoms with Crippen molar-refractivity contribution in [2.24, 2.45) is 0 Å². The minimum Gasteiger partial charge on any atom is -0.480 e. The van der Waals surface area contributed by atoms with Crippen LogP contribution in [0, 0.1) is 0 Å². The van der Waals surface area contributed by atoms with Gasteiger partial charge in [0.15, 0.2) is 6.04 Å². The van der Waals surface area contributed by atoms with Crippen LogP contribution in [-0.4, -0.2) is 76.8 Å². The second-order valence-corrected chi connectivity index (χ2v) is 4.79. The Balaban J connectivity index is 2.40. The van der Waals surface area contributed by atoms with Crippen LogP contribution >= 0.6 is 0 Å². The number of nitrogens with zero attached hydrogens (tertiary/aromatic N) is 1. The van der Waals surface area contributed by atoms with Gasteiger partial charge in [-0.05, 0) is 19.8 Å². The van der Waals surface area contributed by atoms with Gasteiger partial charge < -0.3 is 30.3 Å². The highest BCUT2D eigenvalue weighted by Crippen LogP contribution is 2.13. The minimum absolute atomic E-state index is 0.0123. The topological polar surface area (TPSA) is 119 Å². The van der Waals surface area contributed by atoms with Crippen LogP contribution in [0.3, 0.4) is 0 Å². The lowest BCUT2D eigenvalue weighted by Crippen LogP contribution is -2.54. The van der Waals surface area contributed by atoms with E-state index in [1.54, 1.807) is 0 Å². The number of hydrogen-bond donors (Lipinski definition) is 4. The average molecular weight is 290 g/mol. The summed E-state index contributed by atoms with van der Waals surface area (Å²) in [6.45, 7) is 2.46. The Bertz CT molecular complexity index is 328. The number of carbonyl (C=O) groups excluding carboxylic acids is 1. The number of ether oxygens (including phenoxy) is 1. The standard InChI is InChI=1S/C12H22N2O6/c1-8(16)10(11(17)18)13-12(19)14-4-2-9(3-5-14)20-7-6-15/h8-10,15-16H,2-7H2,1H3,(H,13,19)(H,17,18). The molecule has 4 N–H and O–H groups in total. The Morgan fingerprint density at radius 1 is 1.40 bits per heavy atom. The molecule has 8 heteroatoms. The zero-order valence-corrected chi connectivity index (χ0v) is 11.5. The summed E-state index contributed by atoms with van der Waals surface area (Å²) in [6, 6.07) is -1.82. The lowest BCUT2D eigenvalue weighted by Gasteiger charge is -2.32. The van der Waals surface area contributed by atoms with E-state index >= 15 is 0 Å². The van der Waals surface area contributed by atoms with Crippen molar-refractivity contribution < 1.29 is 29.6 Å². The van der Waals surface area contributed by atoms with Gasteiger partial charge in [-0.3, -0.25) is 0 Å². The molecule has 8 nitrogen and oxygen atoms in total. The molecule has 2 amide bonds. The fourth-order valence-electron chi connectivity index (χ4n) is 2.06. The second kappa shape index (κ2) is 8.03. The van der Waals surface area contributed by atoms with E-state index in [4.69, 9.17) is 14.9 Å². The van der Waals surface area contributed by atoms with Crippen molar-refractivity contribution in [3.63, 3.8) is 0 Å². The number of carboxylic acids is 1. The SMILES string of the molecule is CC(O)C(NC(=O)N1CCC(OCCO)CC1)C(=O)O. The molecule has 1 aliphatic heterocycles. The van der Waals surface area contributed by atoms with Gasteiger partial charge >= 0.3 is 12.0 Å². The molecule has 116 valence electrons. The number of piperidine rings is 1. The van der Waals surface area contributed by atoms with Crippen LogP contribution in [0.25, 0.3) is 0 Å². The number of hydrogen-bond acceptors (Lipinski definition) is 5. The third kappa shape index (κ3) is 4.95. The molecule has 2 unspecified atom stereocenters. The van der Waals surface area contributed by atoms with E-state index in [1.165, 1.54) is 11.8 Å². The lowest BCUT2D eigenvalue weighted by molar-refractivity contribution is -0.141. The quantitative estimate of drug-likeness (QED) is 0.498. The highest BCUT2D eigenvalue weighted by atomic mass is 16.5. The number of aliphatic hydroxyl groups is 2. The summed E-state index contributed by atoms with van der Waals surface area (Å²) in [5.41, 5.74) is 0. The van der Waals surface area contributed by atoms with Gasteiger partial charge in [-0.1, -0.05) is 0 Å². The molecule has 1 aliphatic rings. The summed E-state index contributed by atoms with van der Waals surface area (Å²) in [5, 5.41) is 29.2. The lowest BCUT2D eigenvalue weighted by atomic mass is 10.1. The predicted molar refractivity (Wildman–Crippen MR) is 69.3 cm³/mol. The molecule has 1 heterocycles. The molecule has 20 heavy (non-hydrogen) atoms. The van der Waals surface area contributed by atoms with Gasteiger partial charge in [0, 0.05) is 13.1 Å². The number of aliphatic carboxylic acids is 1. The Labute approximate surface area is 117 Å². The number of urea groups is 1. The average Bonchev–Trinajstić information content (AvgIpc) is 2.42. The van der Waals surface area contributed by atoms with Gasteiger partial charge in [-0.2, -0.15) is 0 Å². The maximum atomic E-state index is 11.9. The van der Waals surface area contributed by atoms with Gasteiger partial charge in [0.25, 0.3) is 0 Å². The fraction of sp³-hybridized carbons (Fsp3) is 0.833. The Hall–Kier alpha value is -1.38. The van der Waals surface area contributed by atoms with Crippen LogP contribution in [0.5, 0.6) is 0 Å². The van der Waals surface area contributed by atoms with Crippen molar-refractivity contribution >= 4 is 12.0 Å². The Morgan fingerprint density at radius 3 is 2.45 bits per heavy atom. The number of rotatable bonds is 6. The van der Waals surface area contributed by atoms with E-state index in [1.807, 2.05) is 0 Å². The highest BCUT2D eigenvalue weighted by Gasteiger charge is 2.29. The first-order valence-corrected chi connectivity index (χ1v) is 6.64. The second-order valence-electron chi connectivity index (χ2n) is 4.79. The summed E-state index contributed by atoms with van der Waals surface area (Å²) < 4.78 is 5.38. The molecule has 1 rings (SSSR count). The summed E-state index contributed by atoms with van der Waals surface area (Å²) in [5.74, 6) is -1.27. The first-order valence-electron chi connectivity index (χ1n) is 6.64. The van der Waals surface area contributed by atoms with Crippen molar-refractivity contribution in [2.75, 3.05) is 26.3 Å². The number of nitrogens with one attached hydrogen (secondary N) is 1. The maximum absolute atomic E-state index is 11.9. The molecule has 0 radical (unpaired) electrons. The van der Waals surface area contributed by atoms with Crippen LogP contribution in [0.2, 0.25) is 0 Å². The summed E-state index contributed by atoms with van der Waals surface area (Å²) in [6.07, 6.45) is 0.125. The first kappa shape index (κ1) is 16.7. The van der Waals surface area contributed by atoms with E-state index in [-0.39, 0.29) is 19.3 Å². The van der Waals surface area contributed by atoms with Gasteiger partial charge in [0.05, 0.1) is 25.4 Å². The van der Waals surface area contributed by atoms with Crippen LogP contribution in [0.15, 0.2) is 0 Å². The molecular weight excluding hydrogens is 268 g/mol. The molecular formula is C12H22N2O6. The van der Waals surface area contributed by atoms with E-state index in [2.05, 4.69) is 5.32 Å². The molecule has 0 aliphatic carbocycles. The molecule has 0 saturated carbocycles. The number of carbonyl (C=O) groups is 2. The van der Waals surface area contributed by atoms with Crippen molar-refractivity contribution in [3.8, 4) is 0 Å². The van der Waals surface area contributed by atoms with Gasteiger partial charge in [-0.15, -0.1) is 0 Å². The van der Waals surface area contributed by atoms with Gasteiger partial charge in [0.2, 0.25) is 0 Å². The molecule has 0 aromatic heterocycles. The van der Waals surface area contributed by atoms with Crippen LogP contribution in [0.1, 0.15) is 19.8 Å². The van der Waals surface area contributed by atoms with Crippen LogP contribution in [0.4, 0.5) is 4.79 Å². The largest absolute Gasteiger partial charge is 0.480 e. The third-order valence-corrected chi connectivity index (χ3v) is 3.20. The molecule has 1 fully saturated rings. The van der Waals surface area contributed by atoms with E-state index in [0.717, 1.165) is 0 Å². The third-order valence-electron chi connectivity index (χ3n) is 3.20. The number of carboxylic acid groups (broad SMARTS) is 1. The van der Waals surface area contributed by atoms with E-state index in [9.17, 15) is 14.7 Å². The van der Waals surface area contributed by atoms with Crippen molar-refractivity contribution in [3.05, 3.63) is 0 Å². The highest BCUT2D eigenvalue weighted by molar-refractivity contribution is 5.83. The molecule has 0 aromatic rings. The summed E-state index contributed by atoms with van der Waals surface area (Å²) in [4.78, 5) is 24.3. The molecule has 0 spiro atoms. The number of amides is 2. The van der Waals surface area contributed by atoms with Gasteiger partial charge in [-0.25, -0.2) is 9.59 Å². The molecule has 0 bridgehead atoms. The van der Waals surface area contributed by atoms with Crippen LogP contribution in [-0.2, 0) is 9.53 Å². The summed E-state index contributed by atoms with van der Waals surface area (Å²) in [7, 11) is 0. The fourth-order valence-corrected chi connectivity index (χ4v) is 2.06. The Kier molecular flexibility index (Phi) is 6.69. The normalized spacial score (nSPS) is 19.4.